The SMILES string of the molecule is COc1cc(-c2cccc3c2OCCO3)ccc1Nc1ccc(CNCC2CCNCC2)cc1. The Balaban J connectivity index is 1.24. The Hall–Kier alpha value is -3.22. The highest BCUT2D eigenvalue weighted by molar-refractivity contribution is 5.79. The van der Waals surface area contributed by atoms with Gasteiger partial charge in [-0.3, -0.25) is 0 Å². The van der Waals surface area contributed by atoms with Crippen LogP contribution in [-0.2, 0) is 6.54 Å². The molecule has 5 rings (SSSR count). The van der Waals surface area contributed by atoms with Gasteiger partial charge in [0.25, 0.3) is 0 Å². The molecule has 0 spiro atoms. The third-order valence-corrected chi connectivity index (χ3v) is 6.53. The number of anilines is 2. The van der Waals surface area contributed by atoms with Crippen LogP contribution in [-0.4, -0.2) is 40.0 Å². The summed E-state index contributed by atoms with van der Waals surface area (Å²) in [6.45, 7) is 5.42. The minimum absolute atomic E-state index is 0.560. The molecule has 2 aliphatic rings. The summed E-state index contributed by atoms with van der Waals surface area (Å²) in [4.78, 5) is 0. The van der Waals surface area contributed by atoms with Crippen molar-refractivity contribution in [3.05, 3.63) is 66.2 Å². The fraction of sp³-hybridized carbons (Fsp3) is 0.357. The van der Waals surface area contributed by atoms with Gasteiger partial charge in [-0.2, -0.15) is 0 Å². The number of fused-ring (bicyclic) bond motifs is 1. The van der Waals surface area contributed by atoms with Gasteiger partial charge in [0.15, 0.2) is 11.5 Å². The fourth-order valence-corrected chi connectivity index (χ4v) is 4.63. The van der Waals surface area contributed by atoms with Gasteiger partial charge >= 0.3 is 0 Å². The van der Waals surface area contributed by atoms with Gasteiger partial charge in [0.05, 0.1) is 12.8 Å². The molecule has 178 valence electrons. The molecule has 1 saturated heterocycles. The molecule has 1 fully saturated rings. The van der Waals surface area contributed by atoms with E-state index in [1.54, 1.807) is 7.11 Å². The van der Waals surface area contributed by atoms with Crippen LogP contribution in [0.1, 0.15) is 18.4 Å². The van der Waals surface area contributed by atoms with Crippen molar-refractivity contribution in [3.8, 4) is 28.4 Å². The standard InChI is InChI=1S/C28H33N3O3/c1-32-27-17-22(24-3-2-4-26-28(24)34-16-15-33-26)7-10-25(27)31-23-8-5-20(6-9-23)18-30-19-21-11-13-29-14-12-21/h2-10,17,21,29-31H,11-16,18-19H2,1H3. The van der Waals surface area contributed by atoms with Crippen molar-refractivity contribution >= 4 is 11.4 Å². The molecular weight excluding hydrogens is 426 g/mol. The third kappa shape index (κ3) is 5.29. The van der Waals surface area contributed by atoms with Crippen LogP contribution in [0.4, 0.5) is 11.4 Å². The number of benzene rings is 3. The smallest absolute Gasteiger partial charge is 0.169 e. The lowest BCUT2D eigenvalue weighted by Crippen LogP contribution is -2.33. The van der Waals surface area contributed by atoms with Gasteiger partial charge < -0.3 is 30.2 Å². The highest BCUT2D eigenvalue weighted by Gasteiger charge is 2.18. The second kappa shape index (κ2) is 10.8. The zero-order valence-electron chi connectivity index (χ0n) is 19.7. The number of para-hydroxylation sites is 1. The van der Waals surface area contributed by atoms with Crippen LogP contribution in [0.5, 0.6) is 17.2 Å². The van der Waals surface area contributed by atoms with Crippen molar-refractivity contribution in [2.45, 2.75) is 19.4 Å². The largest absolute Gasteiger partial charge is 0.495 e. The van der Waals surface area contributed by atoms with E-state index >= 15 is 0 Å². The van der Waals surface area contributed by atoms with Crippen LogP contribution in [0.3, 0.4) is 0 Å². The molecule has 2 aliphatic heterocycles. The fourth-order valence-electron chi connectivity index (χ4n) is 4.63. The minimum Gasteiger partial charge on any atom is -0.495 e. The normalized spacial score (nSPS) is 15.7. The van der Waals surface area contributed by atoms with Gasteiger partial charge in [-0.15, -0.1) is 0 Å². The molecule has 2 heterocycles. The first-order chi connectivity index (χ1) is 16.8. The Morgan fingerprint density at radius 3 is 2.62 bits per heavy atom. The van der Waals surface area contributed by atoms with Crippen LogP contribution in [0.15, 0.2) is 60.7 Å². The van der Waals surface area contributed by atoms with Crippen LogP contribution < -0.4 is 30.2 Å². The molecule has 0 bridgehead atoms. The Bertz CT molecular complexity index is 1090. The number of ether oxygens (including phenoxy) is 3. The van der Waals surface area contributed by atoms with Crippen molar-refractivity contribution in [1.82, 2.24) is 10.6 Å². The predicted molar refractivity (Wildman–Crippen MR) is 136 cm³/mol. The number of piperidine rings is 1. The molecule has 0 aliphatic carbocycles. The summed E-state index contributed by atoms with van der Waals surface area (Å²) in [5, 5.41) is 10.5. The number of hydrogen-bond acceptors (Lipinski definition) is 6. The maximum atomic E-state index is 5.89. The highest BCUT2D eigenvalue weighted by Crippen LogP contribution is 2.42. The van der Waals surface area contributed by atoms with Gasteiger partial charge in [-0.05, 0) is 79.9 Å². The summed E-state index contributed by atoms with van der Waals surface area (Å²) >= 11 is 0. The zero-order valence-corrected chi connectivity index (χ0v) is 19.7. The monoisotopic (exact) mass is 459 g/mol. The molecule has 6 heteroatoms. The first-order valence-corrected chi connectivity index (χ1v) is 12.1. The molecule has 0 aromatic heterocycles. The average Bonchev–Trinajstić information content (AvgIpc) is 2.90. The van der Waals surface area contributed by atoms with Crippen LogP contribution in [0.2, 0.25) is 0 Å². The molecule has 0 atom stereocenters. The number of hydrogen-bond donors (Lipinski definition) is 3. The van der Waals surface area contributed by atoms with Gasteiger partial charge in [0, 0.05) is 17.8 Å². The van der Waals surface area contributed by atoms with E-state index in [-0.39, 0.29) is 0 Å². The summed E-state index contributed by atoms with van der Waals surface area (Å²) in [6.07, 6.45) is 2.54. The molecule has 3 aromatic rings. The van der Waals surface area contributed by atoms with E-state index in [1.165, 1.54) is 18.4 Å². The van der Waals surface area contributed by atoms with Crippen LogP contribution >= 0.6 is 0 Å². The molecule has 6 nitrogen and oxygen atoms in total. The number of methoxy groups -OCH3 is 1. The number of nitrogens with one attached hydrogen (secondary N) is 3. The first kappa shape index (κ1) is 22.6. The predicted octanol–water partition coefficient (Wildman–Crippen LogP) is 4.97. The maximum absolute atomic E-state index is 5.89. The molecular formula is C28H33N3O3. The van der Waals surface area contributed by atoms with Crippen molar-refractivity contribution in [2.24, 2.45) is 5.92 Å². The quantitative estimate of drug-likeness (QED) is 0.442. The minimum atomic E-state index is 0.560. The van der Waals surface area contributed by atoms with E-state index in [2.05, 4.69) is 46.3 Å². The van der Waals surface area contributed by atoms with Gasteiger partial charge in [0.2, 0.25) is 0 Å². The van der Waals surface area contributed by atoms with Crippen molar-refractivity contribution in [1.29, 1.82) is 0 Å². The second-order valence-electron chi connectivity index (χ2n) is 8.89. The van der Waals surface area contributed by atoms with E-state index in [4.69, 9.17) is 14.2 Å². The summed E-state index contributed by atoms with van der Waals surface area (Å²) in [6, 6.07) is 20.7. The molecule has 34 heavy (non-hydrogen) atoms. The lowest BCUT2D eigenvalue weighted by atomic mass is 9.98. The Morgan fingerprint density at radius 1 is 0.971 bits per heavy atom. The zero-order chi connectivity index (χ0) is 23.2. The second-order valence-corrected chi connectivity index (χ2v) is 8.89. The van der Waals surface area contributed by atoms with E-state index in [9.17, 15) is 0 Å². The lowest BCUT2D eigenvalue weighted by Gasteiger charge is -2.22. The van der Waals surface area contributed by atoms with Crippen molar-refractivity contribution in [2.75, 3.05) is 45.3 Å². The topological polar surface area (TPSA) is 63.8 Å². The van der Waals surface area contributed by atoms with Crippen LogP contribution in [0, 0.1) is 5.92 Å². The number of rotatable bonds is 8. The van der Waals surface area contributed by atoms with Crippen molar-refractivity contribution < 1.29 is 14.2 Å². The Morgan fingerprint density at radius 2 is 1.79 bits per heavy atom. The first-order valence-electron chi connectivity index (χ1n) is 12.1. The summed E-state index contributed by atoms with van der Waals surface area (Å²) in [7, 11) is 1.70. The Kier molecular flexibility index (Phi) is 7.17. The molecule has 3 N–H and O–H groups in total. The molecule has 0 amide bonds. The summed E-state index contributed by atoms with van der Waals surface area (Å²) < 4.78 is 17.3. The van der Waals surface area contributed by atoms with Crippen LogP contribution in [0.25, 0.3) is 11.1 Å². The van der Waals surface area contributed by atoms with E-state index in [0.717, 1.165) is 71.8 Å². The molecule has 0 radical (unpaired) electrons. The van der Waals surface area contributed by atoms with E-state index < -0.39 is 0 Å². The lowest BCUT2D eigenvalue weighted by molar-refractivity contribution is 0.172. The van der Waals surface area contributed by atoms with E-state index in [1.807, 2.05) is 30.3 Å². The van der Waals surface area contributed by atoms with E-state index in [0.29, 0.717) is 13.2 Å². The average molecular weight is 460 g/mol. The summed E-state index contributed by atoms with van der Waals surface area (Å²) in [5.74, 6) is 3.15. The van der Waals surface area contributed by atoms with Gasteiger partial charge in [-0.25, -0.2) is 0 Å². The van der Waals surface area contributed by atoms with Gasteiger partial charge in [0.1, 0.15) is 19.0 Å². The maximum Gasteiger partial charge on any atom is 0.169 e. The highest BCUT2D eigenvalue weighted by atomic mass is 16.6. The molecule has 0 saturated carbocycles. The summed E-state index contributed by atoms with van der Waals surface area (Å²) in [5.41, 5.74) is 5.27. The molecule has 3 aromatic carbocycles. The third-order valence-electron chi connectivity index (χ3n) is 6.53. The Labute approximate surface area is 201 Å². The molecule has 0 unspecified atom stereocenters. The van der Waals surface area contributed by atoms with Gasteiger partial charge in [-0.1, -0.05) is 30.3 Å². The van der Waals surface area contributed by atoms with Crippen molar-refractivity contribution in [3.63, 3.8) is 0 Å².